The molecule has 2 fully saturated rings. The summed E-state index contributed by atoms with van der Waals surface area (Å²) in [7, 11) is 0. The van der Waals surface area contributed by atoms with Crippen LogP contribution in [0.1, 0.15) is 44.6 Å². The average Bonchev–Trinajstić information content (AvgIpc) is 3.02. The highest BCUT2D eigenvalue weighted by atomic mass is 16.2. The van der Waals surface area contributed by atoms with Crippen LogP contribution in [0, 0.1) is 0 Å². The van der Waals surface area contributed by atoms with Crippen LogP contribution in [-0.4, -0.2) is 46.8 Å². The summed E-state index contributed by atoms with van der Waals surface area (Å²) in [6.07, 6.45) is 3.77. The summed E-state index contributed by atoms with van der Waals surface area (Å²) in [6, 6.07) is 8.02. The summed E-state index contributed by atoms with van der Waals surface area (Å²) in [5.41, 5.74) is 6.63. The van der Waals surface area contributed by atoms with E-state index in [9.17, 15) is 14.4 Å². The summed E-state index contributed by atoms with van der Waals surface area (Å²) >= 11 is 0. The molecular weight excluding hydrogens is 344 g/mol. The van der Waals surface area contributed by atoms with Crippen LogP contribution in [0.3, 0.4) is 0 Å². The second-order valence-electron chi connectivity index (χ2n) is 7.48. The highest BCUT2D eigenvalue weighted by Crippen LogP contribution is 2.32. The van der Waals surface area contributed by atoms with E-state index in [1.807, 2.05) is 30.3 Å². The minimum absolute atomic E-state index is 0.0715. The minimum atomic E-state index is -0.666. The Labute approximate surface area is 159 Å². The van der Waals surface area contributed by atoms with E-state index < -0.39 is 18.1 Å². The highest BCUT2D eigenvalue weighted by molar-refractivity contribution is 5.93. The molecular formula is C20H28N4O3. The van der Waals surface area contributed by atoms with E-state index in [1.54, 1.807) is 11.8 Å². The number of fused-ring (bicyclic) bond motifs is 1. The lowest BCUT2D eigenvalue weighted by Crippen LogP contribution is -2.55. The first kappa shape index (κ1) is 19.4. The molecule has 0 bridgehead atoms. The molecule has 27 heavy (non-hydrogen) atoms. The number of rotatable bonds is 5. The lowest BCUT2D eigenvalue weighted by atomic mass is 10.1. The molecule has 146 valence electrons. The lowest BCUT2D eigenvalue weighted by molar-refractivity contribution is -0.142. The minimum Gasteiger partial charge on any atom is -0.350 e. The predicted molar refractivity (Wildman–Crippen MR) is 101 cm³/mol. The average molecular weight is 372 g/mol. The number of benzene rings is 1. The standard InChI is InChI=1S/C20H28N4O3/c1-13(21)18(25)23-16-9-5-8-15-10-11-17(24(15)20(16)27)19(26)22-12-14-6-3-2-4-7-14/h2-4,6-7,13,15-17H,5,8-12,21H2,1H3,(H,22,26)(H,23,25)/t13-,15?,16-,17-/m0/s1. The molecule has 2 saturated heterocycles. The molecule has 4 atom stereocenters. The van der Waals surface area contributed by atoms with Crippen LogP contribution in [0.4, 0.5) is 0 Å². The van der Waals surface area contributed by atoms with Crippen molar-refractivity contribution in [1.82, 2.24) is 15.5 Å². The van der Waals surface area contributed by atoms with Crippen LogP contribution in [0.15, 0.2) is 30.3 Å². The van der Waals surface area contributed by atoms with E-state index in [1.165, 1.54) is 0 Å². The van der Waals surface area contributed by atoms with E-state index in [0.29, 0.717) is 19.4 Å². The molecule has 2 aliphatic rings. The molecule has 0 radical (unpaired) electrons. The molecule has 1 aromatic carbocycles. The van der Waals surface area contributed by atoms with Crippen molar-refractivity contribution in [2.24, 2.45) is 5.73 Å². The normalized spacial score (nSPS) is 26.1. The third-order valence-corrected chi connectivity index (χ3v) is 5.43. The number of carbonyl (C=O) groups is 3. The highest BCUT2D eigenvalue weighted by Gasteiger charge is 2.44. The molecule has 2 heterocycles. The van der Waals surface area contributed by atoms with Crippen molar-refractivity contribution in [2.75, 3.05) is 0 Å². The van der Waals surface area contributed by atoms with Gasteiger partial charge in [0.25, 0.3) is 0 Å². The molecule has 0 saturated carbocycles. The van der Waals surface area contributed by atoms with Crippen LogP contribution in [0.2, 0.25) is 0 Å². The molecule has 7 nitrogen and oxygen atoms in total. The molecule has 7 heteroatoms. The molecule has 3 amide bonds. The number of nitrogens with two attached hydrogens (primary N) is 1. The summed E-state index contributed by atoms with van der Waals surface area (Å²) in [5, 5.41) is 5.70. The van der Waals surface area contributed by atoms with Gasteiger partial charge in [0.1, 0.15) is 12.1 Å². The second kappa shape index (κ2) is 8.52. The fraction of sp³-hybridized carbons (Fsp3) is 0.550. The molecule has 0 spiro atoms. The van der Waals surface area contributed by atoms with Gasteiger partial charge in [-0.15, -0.1) is 0 Å². The van der Waals surface area contributed by atoms with Crippen LogP contribution < -0.4 is 16.4 Å². The fourth-order valence-corrected chi connectivity index (χ4v) is 3.96. The second-order valence-corrected chi connectivity index (χ2v) is 7.48. The fourth-order valence-electron chi connectivity index (χ4n) is 3.96. The van der Waals surface area contributed by atoms with Gasteiger partial charge in [-0.1, -0.05) is 30.3 Å². The van der Waals surface area contributed by atoms with Crippen molar-refractivity contribution in [3.63, 3.8) is 0 Å². The number of hydrogen-bond acceptors (Lipinski definition) is 4. The van der Waals surface area contributed by atoms with Crippen LogP contribution in [-0.2, 0) is 20.9 Å². The molecule has 2 aliphatic heterocycles. The van der Waals surface area contributed by atoms with Crippen molar-refractivity contribution in [3.8, 4) is 0 Å². The number of nitrogens with one attached hydrogen (secondary N) is 2. The van der Waals surface area contributed by atoms with E-state index in [4.69, 9.17) is 5.73 Å². The number of amides is 3. The molecule has 1 unspecified atom stereocenters. The maximum atomic E-state index is 13.1. The Morgan fingerprint density at radius 3 is 2.63 bits per heavy atom. The Hall–Kier alpha value is -2.41. The maximum absolute atomic E-state index is 13.1. The Morgan fingerprint density at radius 2 is 1.93 bits per heavy atom. The van der Waals surface area contributed by atoms with Crippen molar-refractivity contribution < 1.29 is 14.4 Å². The van der Waals surface area contributed by atoms with Gasteiger partial charge in [-0.05, 0) is 44.6 Å². The molecule has 4 N–H and O–H groups in total. The van der Waals surface area contributed by atoms with E-state index in [0.717, 1.165) is 24.8 Å². The van der Waals surface area contributed by atoms with Crippen molar-refractivity contribution >= 4 is 17.7 Å². The van der Waals surface area contributed by atoms with Crippen molar-refractivity contribution in [1.29, 1.82) is 0 Å². The van der Waals surface area contributed by atoms with Crippen LogP contribution in [0.5, 0.6) is 0 Å². The monoisotopic (exact) mass is 372 g/mol. The summed E-state index contributed by atoms with van der Waals surface area (Å²) in [6.45, 7) is 2.03. The van der Waals surface area contributed by atoms with Gasteiger partial charge in [-0.3, -0.25) is 14.4 Å². The first-order chi connectivity index (χ1) is 13.0. The Kier molecular flexibility index (Phi) is 6.11. The van der Waals surface area contributed by atoms with Gasteiger partial charge in [0.15, 0.2) is 0 Å². The van der Waals surface area contributed by atoms with Gasteiger partial charge in [-0.2, -0.15) is 0 Å². The van der Waals surface area contributed by atoms with Crippen LogP contribution >= 0.6 is 0 Å². The topological polar surface area (TPSA) is 105 Å². The SMILES string of the molecule is C[C@H](N)C(=O)N[C@H]1CCCC2CC[C@@H](C(=O)NCc3ccccc3)N2C1=O. The Morgan fingerprint density at radius 1 is 1.19 bits per heavy atom. The predicted octanol–water partition coefficient (Wildman–Crippen LogP) is 0.678. The first-order valence-corrected chi connectivity index (χ1v) is 9.67. The van der Waals surface area contributed by atoms with Gasteiger partial charge in [0.2, 0.25) is 17.7 Å². The molecule has 0 aromatic heterocycles. The number of carbonyl (C=O) groups excluding carboxylic acids is 3. The van der Waals surface area contributed by atoms with E-state index >= 15 is 0 Å². The first-order valence-electron chi connectivity index (χ1n) is 9.67. The Bertz CT molecular complexity index is 692. The molecule has 3 rings (SSSR count). The van der Waals surface area contributed by atoms with E-state index in [-0.39, 0.29) is 23.8 Å². The smallest absolute Gasteiger partial charge is 0.246 e. The van der Waals surface area contributed by atoms with Gasteiger partial charge in [-0.25, -0.2) is 0 Å². The largest absolute Gasteiger partial charge is 0.350 e. The zero-order chi connectivity index (χ0) is 19.4. The number of nitrogens with zero attached hydrogens (tertiary/aromatic N) is 1. The summed E-state index contributed by atoms with van der Waals surface area (Å²) < 4.78 is 0. The zero-order valence-corrected chi connectivity index (χ0v) is 15.7. The van der Waals surface area contributed by atoms with Gasteiger partial charge in [0.05, 0.1) is 6.04 Å². The zero-order valence-electron chi connectivity index (χ0n) is 15.7. The third-order valence-electron chi connectivity index (χ3n) is 5.43. The lowest BCUT2D eigenvalue weighted by Gasteiger charge is -2.30. The summed E-state index contributed by atoms with van der Waals surface area (Å²) in [4.78, 5) is 39.5. The van der Waals surface area contributed by atoms with Crippen molar-refractivity contribution in [3.05, 3.63) is 35.9 Å². The molecule has 0 aliphatic carbocycles. The maximum Gasteiger partial charge on any atom is 0.246 e. The van der Waals surface area contributed by atoms with E-state index in [2.05, 4.69) is 10.6 Å². The van der Waals surface area contributed by atoms with Gasteiger partial charge < -0.3 is 21.3 Å². The molecule has 1 aromatic rings. The third kappa shape index (κ3) is 4.47. The summed E-state index contributed by atoms with van der Waals surface area (Å²) in [5.74, 6) is -0.631. The Balaban J connectivity index is 1.67. The van der Waals surface area contributed by atoms with Gasteiger partial charge in [0, 0.05) is 12.6 Å². The van der Waals surface area contributed by atoms with Crippen molar-refractivity contribution in [2.45, 2.75) is 69.7 Å². The van der Waals surface area contributed by atoms with Crippen LogP contribution in [0.25, 0.3) is 0 Å². The number of hydrogen-bond donors (Lipinski definition) is 3. The quantitative estimate of drug-likeness (QED) is 0.707. The van der Waals surface area contributed by atoms with Gasteiger partial charge >= 0.3 is 0 Å².